The fraction of sp³-hybridized carbons (Fsp3) is 0.588. The Morgan fingerprint density at radius 3 is 2.96 bits per heavy atom. The summed E-state index contributed by atoms with van der Waals surface area (Å²) in [6.45, 7) is 6.29. The molecule has 1 heterocycles. The number of ether oxygens (including phenoxy) is 2. The van der Waals surface area contributed by atoms with E-state index in [1.807, 2.05) is 25.2 Å². The number of hydrogen-bond acceptors (Lipinski definition) is 3. The summed E-state index contributed by atoms with van der Waals surface area (Å²) in [5.41, 5.74) is 1.21. The van der Waals surface area contributed by atoms with Crippen molar-refractivity contribution < 1.29 is 9.47 Å². The molecule has 1 aliphatic heterocycles. The number of hydrogen-bond donors (Lipinski definition) is 1. The lowest BCUT2D eigenvalue weighted by Gasteiger charge is -2.21. The zero-order valence-corrected chi connectivity index (χ0v) is 16.6. The molecule has 1 atom stereocenters. The lowest BCUT2D eigenvalue weighted by atomic mass is 10.1. The van der Waals surface area contributed by atoms with E-state index in [0.717, 1.165) is 44.4 Å². The molecule has 23 heavy (non-hydrogen) atoms. The van der Waals surface area contributed by atoms with Crippen molar-refractivity contribution in [3.63, 3.8) is 0 Å². The van der Waals surface area contributed by atoms with Gasteiger partial charge in [0.25, 0.3) is 0 Å². The van der Waals surface area contributed by atoms with Gasteiger partial charge in [-0.1, -0.05) is 12.1 Å². The molecular weight excluding hydrogens is 405 g/mol. The number of halogens is 1. The van der Waals surface area contributed by atoms with Gasteiger partial charge < -0.3 is 19.7 Å². The maximum Gasteiger partial charge on any atom is 0.193 e. The van der Waals surface area contributed by atoms with Gasteiger partial charge in [0.05, 0.1) is 13.2 Å². The molecule has 0 bridgehead atoms. The molecule has 1 N–H and O–H groups in total. The van der Waals surface area contributed by atoms with Crippen LogP contribution in [0.5, 0.6) is 5.75 Å². The summed E-state index contributed by atoms with van der Waals surface area (Å²) in [5.74, 6) is 2.47. The van der Waals surface area contributed by atoms with Crippen molar-refractivity contribution in [2.75, 3.05) is 47.0 Å². The first-order valence-electron chi connectivity index (χ1n) is 7.87. The van der Waals surface area contributed by atoms with E-state index in [4.69, 9.17) is 9.47 Å². The Labute approximate surface area is 156 Å². The first-order valence-corrected chi connectivity index (χ1v) is 7.87. The second-order valence-corrected chi connectivity index (χ2v) is 5.70. The monoisotopic (exact) mass is 433 g/mol. The average molecular weight is 433 g/mol. The standard InChI is InChI=1S/C17H27N3O2.HI/c1-14-5-4-6-16(11-14)22-10-8-19-17(18-2)20-9-7-15(12-20)13-21-3;/h4-6,11,15H,7-10,12-13H2,1-3H3,(H,18,19);1H. The van der Waals surface area contributed by atoms with Gasteiger partial charge in [-0.25, -0.2) is 0 Å². The molecule has 0 saturated carbocycles. The number of guanidine groups is 1. The Bertz CT molecular complexity index is 496. The molecule has 1 unspecified atom stereocenters. The van der Waals surface area contributed by atoms with E-state index in [1.165, 1.54) is 5.56 Å². The van der Waals surface area contributed by atoms with E-state index in [9.17, 15) is 0 Å². The lowest BCUT2D eigenvalue weighted by molar-refractivity contribution is 0.157. The minimum atomic E-state index is 0. The first kappa shape index (κ1) is 20.0. The van der Waals surface area contributed by atoms with E-state index in [2.05, 4.69) is 28.2 Å². The minimum absolute atomic E-state index is 0. The molecule has 0 amide bonds. The normalized spacial score (nSPS) is 17.8. The highest BCUT2D eigenvalue weighted by atomic mass is 127. The number of likely N-dealkylation sites (tertiary alicyclic amines) is 1. The third-order valence-corrected chi connectivity index (χ3v) is 3.84. The van der Waals surface area contributed by atoms with Crippen molar-refractivity contribution in [1.82, 2.24) is 10.2 Å². The Hall–Kier alpha value is -1.02. The van der Waals surface area contributed by atoms with Gasteiger partial charge in [0.2, 0.25) is 0 Å². The number of rotatable bonds is 6. The topological polar surface area (TPSA) is 46.1 Å². The molecule has 0 radical (unpaired) electrons. The quantitative estimate of drug-likeness (QED) is 0.324. The third-order valence-electron chi connectivity index (χ3n) is 3.84. The van der Waals surface area contributed by atoms with Crippen molar-refractivity contribution in [2.45, 2.75) is 13.3 Å². The number of nitrogens with one attached hydrogen (secondary N) is 1. The number of methoxy groups -OCH3 is 1. The van der Waals surface area contributed by atoms with Gasteiger partial charge in [-0.2, -0.15) is 0 Å². The summed E-state index contributed by atoms with van der Waals surface area (Å²) in [5, 5.41) is 3.37. The third kappa shape index (κ3) is 6.55. The van der Waals surface area contributed by atoms with Crippen molar-refractivity contribution in [2.24, 2.45) is 10.9 Å². The molecular formula is C17H28IN3O2. The van der Waals surface area contributed by atoms with E-state index in [1.54, 1.807) is 7.11 Å². The fourth-order valence-corrected chi connectivity index (χ4v) is 2.77. The van der Waals surface area contributed by atoms with E-state index < -0.39 is 0 Å². The van der Waals surface area contributed by atoms with Crippen LogP contribution < -0.4 is 10.1 Å². The molecule has 1 aromatic carbocycles. The van der Waals surface area contributed by atoms with Gasteiger partial charge in [0.1, 0.15) is 12.4 Å². The molecule has 1 saturated heterocycles. The van der Waals surface area contributed by atoms with E-state index >= 15 is 0 Å². The Kier molecular flexibility index (Phi) is 9.31. The zero-order chi connectivity index (χ0) is 15.8. The second-order valence-electron chi connectivity index (χ2n) is 5.70. The van der Waals surface area contributed by atoms with Gasteiger partial charge in [-0.3, -0.25) is 4.99 Å². The van der Waals surface area contributed by atoms with Crippen LogP contribution in [-0.2, 0) is 4.74 Å². The molecule has 5 nitrogen and oxygen atoms in total. The second kappa shape index (κ2) is 10.7. The minimum Gasteiger partial charge on any atom is -0.492 e. The lowest BCUT2D eigenvalue weighted by Crippen LogP contribution is -2.41. The summed E-state index contributed by atoms with van der Waals surface area (Å²) in [6, 6.07) is 8.11. The van der Waals surface area contributed by atoms with Crippen LogP contribution in [-0.4, -0.2) is 57.9 Å². The van der Waals surface area contributed by atoms with E-state index in [-0.39, 0.29) is 24.0 Å². The van der Waals surface area contributed by atoms with Crippen LogP contribution in [0.1, 0.15) is 12.0 Å². The summed E-state index contributed by atoms with van der Waals surface area (Å²) in [6.07, 6.45) is 1.16. The first-order chi connectivity index (χ1) is 10.7. The highest BCUT2D eigenvalue weighted by molar-refractivity contribution is 14.0. The smallest absolute Gasteiger partial charge is 0.193 e. The maximum atomic E-state index is 5.75. The number of benzene rings is 1. The number of nitrogens with zero attached hydrogens (tertiary/aromatic N) is 2. The molecule has 1 fully saturated rings. The molecule has 0 aromatic heterocycles. The summed E-state index contributed by atoms with van der Waals surface area (Å²) in [4.78, 5) is 6.65. The Morgan fingerprint density at radius 2 is 2.26 bits per heavy atom. The molecule has 6 heteroatoms. The predicted molar refractivity (Wildman–Crippen MR) is 105 cm³/mol. The number of aryl methyl sites for hydroxylation is 1. The predicted octanol–water partition coefficient (Wildman–Crippen LogP) is 2.54. The van der Waals surface area contributed by atoms with Crippen molar-refractivity contribution in [1.29, 1.82) is 0 Å². The molecule has 0 spiro atoms. The molecule has 2 rings (SSSR count). The van der Waals surface area contributed by atoms with Gasteiger partial charge in [-0.05, 0) is 31.0 Å². The van der Waals surface area contributed by atoms with Gasteiger partial charge in [0.15, 0.2) is 5.96 Å². The Morgan fingerprint density at radius 1 is 1.43 bits per heavy atom. The van der Waals surface area contributed by atoms with Gasteiger partial charge >= 0.3 is 0 Å². The Balaban J connectivity index is 0.00000264. The molecule has 0 aliphatic carbocycles. The molecule has 1 aliphatic rings. The molecule has 1 aromatic rings. The van der Waals surface area contributed by atoms with Crippen LogP contribution >= 0.6 is 24.0 Å². The summed E-state index contributed by atoms with van der Waals surface area (Å²) in [7, 11) is 3.59. The van der Waals surface area contributed by atoms with Gasteiger partial charge in [-0.15, -0.1) is 24.0 Å². The van der Waals surface area contributed by atoms with Crippen molar-refractivity contribution in [3.05, 3.63) is 29.8 Å². The van der Waals surface area contributed by atoms with Crippen LogP contribution in [0.15, 0.2) is 29.3 Å². The average Bonchev–Trinajstić information content (AvgIpc) is 2.96. The van der Waals surface area contributed by atoms with Gasteiger partial charge in [0, 0.05) is 33.2 Å². The van der Waals surface area contributed by atoms with Crippen LogP contribution in [0.3, 0.4) is 0 Å². The van der Waals surface area contributed by atoms with Crippen LogP contribution in [0, 0.1) is 12.8 Å². The summed E-state index contributed by atoms with van der Waals surface area (Å²) < 4.78 is 11.0. The highest BCUT2D eigenvalue weighted by Gasteiger charge is 2.24. The SMILES string of the molecule is CN=C(NCCOc1cccc(C)c1)N1CCC(COC)C1.I. The fourth-order valence-electron chi connectivity index (χ4n) is 2.77. The van der Waals surface area contributed by atoms with E-state index in [0.29, 0.717) is 12.5 Å². The molecule has 130 valence electrons. The highest BCUT2D eigenvalue weighted by Crippen LogP contribution is 2.16. The maximum absolute atomic E-state index is 5.75. The van der Waals surface area contributed by atoms with Crippen LogP contribution in [0.25, 0.3) is 0 Å². The zero-order valence-electron chi connectivity index (χ0n) is 14.2. The van der Waals surface area contributed by atoms with Crippen molar-refractivity contribution in [3.8, 4) is 5.75 Å². The largest absolute Gasteiger partial charge is 0.492 e. The van der Waals surface area contributed by atoms with Crippen LogP contribution in [0.4, 0.5) is 0 Å². The van der Waals surface area contributed by atoms with Crippen molar-refractivity contribution >= 4 is 29.9 Å². The number of aliphatic imine (C=N–C) groups is 1. The van der Waals surface area contributed by atoms with Crippen LogP contribution in [0.2, 0.25) is 0 Å². The summed E-state index contributed by atoms with van der Waals surface area (Å²) >= 11 is 0.